The van der Waals surface area contributed by atoms with Gasteiger partial charge in [-0.25, -0.2) is 4.98 Å². The summed E-state index contributed by atoms with van der Waals surface area (Å²) in [6.45, 7) is 0.474. The van der Waals surface area contributed by atoms with Crippen LogP contribution in [0.3, 0.4) is 0 Å². The van der Waals surface area contributed by atoms with Crippen molar-refractivity contribution in [3.05, 3.63) is 81.7 Å². The molecule has 4 N–H and O–H groups in total. The minimum absolute atomic E-state index is 0.00222. The fraction of sp³-hybridized carbons (Fsp3) is 0.150. The number of thiophene rings is 1. The lowest BCUT2D eigenvalue weighted by Crippen LogP contribution is -2.23. The van der Waals surface area contributed by atoms with E-state index in [4.69, 9.17) is 5.73 Å². The van der Waals surface area contributed by atoms with E-state index >= 15 is 0 Å². The summed E-state index contributed by atoms with van der Waals surface area (Å²) in [5.74, 6) is -0.169. The molecule has 0 fully saturated rings. The first kappa shape index (κ1) is 18.6. The van der Waals surface area contributed by atoms with Crippen LogP contribution in [0.4, 0.5) is 5.82 Å². The first-order valence-corrected chi connectivity index (χ1v) is 9.30. The van der Waals surface area contributed by atoms with E-state index in [1.807, 2.05) is 24.3 Å². The SMILES string of the molecule is NC(=O)CNc1ccc(C(=O)NCc2ccc(Cc3ccccc3)s2)cn1. The van der Waals surface area contributed by atoms with Crippen LogP contribution >= 0.6 is 11.3 Å². The molecule has 2 heterocycles. The molecule has 0 saturated carbocycles. The van der Waals surface area contributed by atoms with Crippen molar-refractivity contribution in [1.82, 2.24) is 10.3 Å². The molecule has 0 unspecified atom stereocenters. The number of benzene rings is 1. The molecular formula is C20H20N4O2S. The summed E-state index contributed by atoms with van der Waals surface area (Å²) in [4.78, 5) is 29.5. The Hall–Kier alpha value is -3.19. The zero-order chi connectivity index (χ0) is 19.1. The van der Waals surface area contributed by atoms with E-state index < -0.39 is 5.91 Å². The van der Waals surface area contributed by atoms with Gasteiger partial charge < -0.3 is 16.4 Å². The molecule has 7 heteroatoms. The number of pyridine rings is 1. The number of hydrogen-bond donors (Lipinski definition) is 3. The summed E-state index contributed by atoms with van der Waals surface area (Å²) in [5.41, 5.74) is 6.79. The third-order valence-corrected chi connectivity index (χ3v) is 4.92. The molecule has 0 bridgehead atoms. The van der Waals surface area contributed by atoms with E-state index in [2.05, 4.69) is 33.8 Å². The smallest absolute Gasteiger partial charge is 0.253 e. The standard InChI is InChI=1S/C20H20N4O2S/c21-18(25)13-23-19-9-6-15(11-22-19)20(26)24-12-17-8-7-16(27-17)10-14-4-2-1-3-5-14/h1-9,11H,10,12-13H2,(H2,21,25)(H,22,23)(H,24,26). The first-order chi connectivity index (χ1) is 13.1. The second-order valence-corrected chi connectivity index (χ2v) is 7.22. The number of amides is 2. The Balaban J connectivity index is 1.51. The quantitative estimate of drug-likeness (QED) is 0.559. The van der Waals surface area contributed by atoms with E-state index in [9.17, 15) is 9.59 Å². The molecule has 0 aliphatic carbocycles. The molecule has 138 valence electrons. The highest BCUT2D eigenvalue weighted by molar-refractivity contribution is 7.12. The van der Waals surface area contributed by atoms with Crippen LogP contribution in [0.5, 0.6) is 0 Å². The van der Waals surface area contributed by atoms with Crippen LogP contribution in [0.1, 0.15) is 25.7 Å². The van der Waals surface area contributed by atoms with Gasteiger partial charge in [0.1, 0.15) is 5.82 Å². The molecule has 3 rings (SSSR count). The Morgan fingerprint density at radius 1 is 1.00 bits per heavy atom. The fourth-order valence-electron chi connectivity index (χ4n) is 2.49. The van der Waals surface area contributed by atoms with Crippen LogP contribution in [0, 0.1) is 0 Å². The van der Waals surface area contributed by atoms with Gasteiger partial charge in [0.2, 0.25) is 5.91 Å². The monoisotopic (exact) mass is 380 g/mol. The molecule has 3 aromatic rings. The number of aromatic nitrogens is 1. The molecule has 1 aromatic carbocycles. The third-order valence-electron chi connectivity index (χ3n) is 3.83. The zero-order valence-corrected chi connectivity index (χ0v) is 15.5. The molecule has 27 heavy (non-hydrogen) atoms. The van der Waals surface area contributed by atoms with E-state index in [-0.39, 0.29) is 12.5 Å². The molecular weight excluding hydrogens is 360 g/mol. The minimum atomic E-state index is -0.471. The first-order valence-electron chi connectivity index (χ1n) is 8.48. The summed E-state index contributed by atoms with van der Waals surface area (Å²) in [6, 6.07) is 17.7. The Labute approximate surface area is 161 Å². The Morgan fingerprint density at radius 2 is 1.78 bits per heavy atom. The Kier molecular flexibility index (Phi) is 6.17. The summed E-state index contributed by atoms with van der Waals surface area (Å²) in [5, 5.41) is 5.67. The highest BCUT2D eigenvalue weighted by Gasteiger charge is 2.08. The second-order valence-electron chi connectivity index (χ2n) is 5.97. The molecule has 0 radical (unpaired) electrons. The van der Waals surface area contributed by atoms with Crippen LogP contribution < -0.4 is 16.4 Å². The van der Waals surface area contributed by atoms with Gasteiger partial charge in [-0.1, -0.05) is 30.3 Å². The number of nitrogens with two attached hydrogens (primary N) is 1. The molecule has 0 spiro atoms. The van der Waals surface area contributed by atoms with Gasteiger partial charge in [0.15, 0.2) is 0 Å². The average Bonchev–Trinajstić information content (AvgIpc) is 3.13. The van der Waals surface area contributed by atoms with Crippen molar-refractivity contribution in [1.29, 1.82) is 0 Å². The van der Waals surface area contributed by atoms with Gasteiger partial charge >= 0.3 is 0 Å². The predicted octanol–water partition coefficient (Wildman–Crippen LogP) is 2.56. The number of rotatable bonds is 8. The van der Waals surface area contributed by atoms with Gasteiger partial charge in [0.25, 0.3) is 5.91 Å². The van der Waals surface area contributed by atoms with Crippen molar-refractivity contribution in [2.24, 2.45) is 5.73 Å². The lowest BCUT2D eigenvalue weighted by atomic mass is 10.1. The number of anilines is 1. The van der Waals surface area contributed by atoms with Gasteiger partial charge in [-0.2, -0.15) is 0 Å². The highest BCUT2D eigenvalue weighted by atomic mass is 32.1. The molecule has 6 nitrogen and oxygen atoms in total. The third kappa shape index (κ3) is 5.65. The number of primary amides is 1. The largest absolute Gasteiger partial charge is 0.368 e. The molecule has 2 aromatic heterocycles. The van der Waals surface area contributed by atoms with E-state index in [1.165, 1.54) is 16.6 Å². The maximum absolute atomic E-state index is 12.3. The van der Waals surface area contributed by atoms with Gasteiger partial charge in [-0.15, -0.1) is 11.3 Å². The maximum atomic E-state index is 12.3. The molecule has 0 aliphatic rings. The topological polar surface area (TPSA) is 97.1 Å². The van der Waals surface area contributed by atoms with Gasteiger partial charge in [-0.05, 0) is 29.8 Å². The van der Waals surface area contributed by atoms with Crippen LogP contribution in [0.25, 0.3) is 0 Å². The number of nitrogens with one attached hydrogen (secondary N) is 2. The number of carbonyl (C=O) groups is 2. The van der Waals surface area contributed by atoms with Gasteiger partial charge in [-0.3, -0.25) is 9.59 Å². The molecule has 2 amide bonds. The summed E-state index contributed by atoms with van der Waals surface area (Å²) in [6.07, 6.45) is 2.36. The molecule has 0 saturated heterocycles. The maximum Gasteiger partial charge on any atom is 0.253 e. The molecule has 0 aliphatic heterocycles. The summed E-state index contributed by atoms with van der Waals surface area (Å²) in [7, 11) is 0. The van der Waals surface area contributed by atoms with Crippen LogP contribution in [0.15, 0.2) is 60.8 Å². The van der Waals surface area contributed by atoms with Crippen molar-refractivity contribution in [2.45, 2.75) is 13.0 Å². The lowest BCUT2D eigenvalue weighted by Gasteiger charge is -2.06. The van der Waals surface area contributed by atoms with E-state index in [0.29, 0.717) is 17.9 Å². The zero-order valence-electron chi connectivity index (χ0n) is 14.6. The van der Waals surface area contributed by atoms with Crippen molar-refractivity contribution in [3.8, 4) is 0 Å². The average molecular weight is 380 g/mol. The Bertz CT molecular complexity index is 907. The van der Waals surface area contributed by atoms with Gasteiger partial charge in [0.05, 0.1) is 18.7 Å². The van der Waals surface area contributed by atoms with Crippen LogP contribution in [0.2, 0.25) is 0 Å². The van der Waals surface area contributed by atoms with E-state index in [1.54, 1.807) is 23.5 Å². The van der Waals surface area contributed by atoms with Crippen molar-refractivity contribution in [3.63, 3.8) is 0 Å². The van der Waals surface area contributed by atoms with Crippen LogP contribution in [-0.4, -0.2) is 23.3 Å². The normalized spacial score (nSPS) is 10.4. The number of carbonyl (C=O) groups excluding carboxylic acids is 2. The second kappa shape index (κ2) is 8.95. The van der Waals surface area contributed by atoms with Crippen LogP contribution in [-0.2, 0) is 17.8 Å². The summed E-state index contributed by atoms with van der Waals surface area (Å²) < 4.78 is 0. The highest BCUT2D eigenvalue weighted by Crippen LogP contribution is 2.20. The summed E-state index contributed by atoms with van der Waals surface area (Å²) >= 11 is 1.69. The minimum Gasteiger partial charge on any atom is -0.368 e. The lowest BCUT2D eigenvalue weighted by molar-refractivity contribution is -0.116. The van der Waals surface area contributed by atoms with Crippen molar-refractivity contribution < 1.29 is 9.59 Å². The van der Waals surface area contributed by atoms with Gasteiger partial charge in [0, 0.05) is 22.4 Å². The predicted molar refractivity (Wildman–Crippen MR) is 107 cm³/mol. The number of nitrogens with zero attached hydrogens (tertiary/aromatic N) is 1. The molecule has 0 atom stereocenters. The number of hydrogen-bond acceptors (Lipinski definition) is 5. The fourth-order valence-corrected chi connectivity index (χ4v) is 3.48. The van der Waals surface area contributed by atoms with E-state index in [0.717, 1.165) is 11.3 Å². The Morgan fingerprint density at radius 3 is 2.48 bits per heavy atom. The van der Waals surface area contributed by atoms with Crippen molar-refractivity contribution in [2.75, 3.05) is 11.9 Å². The van der Waals surface area contributed by atoms with Crippen molar-refractivity contribution >= 4 is 29.0 Å².